The Kier molecular flexibility index (Phi) is 2.84. The summed E-state index contributed by atoms with van der Waals surface area (Å²) in [6, 6.07) is 1.69. The smallest absolute Gasteiger partial charge is 0.342 e. The molecule has 2 aromatic rings. The van der Waals surface area contributed by atoms with Gasteiger partial charge in [0.05, 0.1) is 12.2 Å². The number of hydrogen-bond donors (Lipinski definition) is 2. The Bertz CT molecular complexity index is 709. The topological polar surface area (TPSA) is 110 Å². The number of aromatic nitrogens is 4. The lowest BCUT2D eigenvalue weighted by Crippen LogP contribution is -2.33. The number of hydrogen-bond acceptors (Lipinski definition) is 4. The molecule has 94 valence electrons. The van der Waals surface area contributed by atoms with Crippen LogP contribution in [0.15, 0.2) is 28.0 Å². The third-order valence-electron chi connectivity index (χ3n) is 2.34. The van der Waals surface area contributed by atoms with Crippen LogP contribution >= 0.6 is 0 Å². The molecule has 0 radical (unpaired) electrons. The molecule has 8 heteroatoms. The van der Waals surface area contributed by atoms with Crippen LogP contribution in [0.4, 0.5) is 0 Å². The van der Waals surface area contributed by atoms with E-state index in [4.69, 9.17) is 5.11 Å². The molecule has 0 amide bonds. The Balaban J connectivity index is 2.45. The molecular weight excluding hydrogens is 240 g/mol. The number of aromatic carboxylic acids is 1. The number of carbonyl (C=O) groups is 1. The van der Waals surface area contributed by atoms with E-state index in [0.717, 1.165) is 10.8 Å². The van der Waals surface area contributed by atoms with E-state index in [1.165, 1.54) is 0 Å². The molecule has 2 aromatic heterocycles. The molecular formula is C10H10N4O4. The fraction of sp³-hybridized carbons (Fsp3) is 0.200. The SMILES string of the molecule is Cn1ccc(Cn2cc(C(=O)O)c(=O)[nH]c2=O)n1. The van der Waals surface area contributed by atoms with Crippen LogP contribution in [0.5, 0.6) is 0 Å². The molecule has 0 atom stereocenters. The van der Waals surface area contributed by atoms with Gasteiger partial charge in [0, 0.05) is 19.4 Å². The minimum Gasteiger partial charge on any atom is -0.477 e. The molecule has 0 aromatic carbocycles. The number of aryl methyl sites for hydroxylation is 1. The van der Waals surface area contributed by atoms with Crippen LogP contribution in [-0.4, -0.2) is 30.4 Å². The molecule has 0 aliphatic rings. The second kappa shape index (κ2) is 4.32. The van der Waals surface area contributed by atoms with Gasteiger partial charge in [0.15, 0.2) is 0 Å². The first-order chi connectivity index (χ1) is 8.47. The number of nitrogens with one attached hydrogen (secondary N) is 1. The zero-order valence-corrected chi connectivity index (χ0v) is 9.45. The Morgan fingerprint density at radius 2 is 2.22 bits per heavy atom. The van der Waals surface area contributed by atoms with Crippen LogP contribution in [0, 0.1) is 0 Å². The summed E-state index contributed by atoms with van der Waals surface area (Å²) in [5.41, 5.74) is -1.48. The van der Waals surface area contributed by atoms with Crippen molar-refractivity contribution in [1.29, 1.82) is 0 Å². The van der Waals surface area contributed by atoms with Gasteiger partial charge in [-0.3, -0.25) is 19.0 Å². The molecule has 0 fully saturated rings. The van der Waals surface area contributed by atoms with Crippen molar-refractivity contribution in [2.24, 2.45) is 7.05 Å². The lowest BCUT2D eigenvalue weighted by Gasteiger charge is -2.03. The fourth-order valence-corrected chi connectivity index (χ4v) is 1.50. The first-order valence-electron chi connectivity index (χ1n) is 5.03. The number of carboxylic acids is 1. The molecule has 2 rings (SSSR count). The van der Waals surface area contributed by atoms with Gasteiger partial charge in [0.25, 0.3) is 5.56 Å². The van der Waals surface area contributed by atoms with Crippen LogP contribution in [0.3, 0.4) is 0 Å². The van der Waals surface area contributed by atoms with Crippen molar-refractivity contribution in [3.8, 4) is 0 Å². The molecule has 0 spiro atoms. The van der Waals surface area contributed by atoms with Crippen LogP contribution in [0.25, 0.3) is 0 Å². The van der Waals surface area contributed by atoms with Crippen molar-refractivity contribution in [2.75, 3.05) is 0 Å². The van der Waals surface area contributed by atoms with Crippen molar-refractivity contribution < 1.29 is 9.90 Å². The molecule has 0 saturated carbocycles. The minimum absolute atomic E-state index is 0.0940. The summed E-state index contributed by atoms with van der Waals surface area (Å²) in [6.45, 7) is 0.0940. The lowest BCUT2D eigenvalue weighted by molar-refractivity contribution is 0.0693. The van der Waals surface area contributed by atoms with E-state index in [0.29, 0.717) is 5.69 Å². The van der Waals surface area contributed by atoms with Crippen LogP contribution in [-0.2, 0) is 13.6 Å². The Hall–Kier alpha value is -2.64. The van der Waals surface area contributed by atoms with E-state index in [2.05, 4.69) is 5.10 Å². The predicted octanol–water partition coefficient (Wildman–Crippen LogP) is -0.983. The number of nitrogens with zero attached hydrogens (tertiary/aromatic N) is 3. The van der Waals surface area contributed by atoms with Gasteiger partial charge < -0.3 is 5.11 Å². The Labute approximate surface area is 100 Å². The maximum atomic E-state index is 11.5. The number of carboxylic acid groups (broad SMARTS) is 1. The maximum absolute atomic E-state index is 11.5. The second-order valence-electron chi connectivity index (χ2n) is 3.72. The van der Waals surface area contributed by atoms with Crippen LogP contribution in [0.2, 0.25) is 0 Å². The summed E-state index contributed by atoms with van der Waals surface area (Å²) in [6.07, 6.45) is 2.71. The van der Waals surface area contributed by atoms with Crippen molar-refractivity contribution >= 4 is 5.97 Å². The Morgan fingerprint density at radius 1 is 1.50 bits per heavy atom. The zero-order chi connectivity index (χ0) is 13.3. The lowest BCUT2D eigenvalue weighted by atomic mass is 10.3. The molecule has 2 N–H and O–H groups in total. The summed E-state index contributed by atoms with van der Waals surface area (Å²) >= 11 is 0. The fourth-order valence-electron chi connectivity index (χ4n) is 1.50. The first-order valence-corrected chi connectivity index (χ1v) is 5.03. The quantitative estimate of drug-likeness (QED) is 0.727. The molecule has 8 nitrogen and oxygen atoms in total. The predicted molar refractivity (Wildman–Crippen MR) is 60.6 cm³/mol. The average Bonchev–Trinajstić information content (AvgIpc) is 2.67. The van der Waals surface area contributed by atoms with E-state index >= 15 is 0 Å². The highest BCUT2D eigenvalue weighted by molar-refractivity contribution is 5.86. The highest BCUT2D eigenvalue weighted by Crippen LogP contribution is 1.97. The zero-order valence-electron chi connectivity index (χ0n) is 9.45. The summed E-state index contributed by atoms with van der Waals surface area (Å²) in [5.74, 6) is -1.38. The van der Waals surface area contributed by atoms with Gasteiger partial charge in [-0.25, -0.2) is 9.59 Å². The summed E-state index contributed by atoms with van der Waals surface area (Å²) in [7, 11) is 1.72. The molecule has 0 aliphatic carbocycles. The second-order valence-corrected chi connectivity index (χ2v) is 3.72. The van der Waals surface area contributed by atoms with Crippen molar-refractivity contribution in [2.45, 2.75) is 6.54 Å². The molecule has 2 heterocycles. The number of aromatic amines is 1. The van der Waals surface area contributed by atoms with E-state index < -0.39 is 22.8 Å². The van der Waals surface area contributed by atoms with Crippen LogP contribution < -0.4 is 11.2 Å². The summed E-state index contributed by atoms with van der Waals surface area (Å²) < 4.78 is 2.65. The monoisotopic (exact) mass is 250 g/mol. The molecule has 0 unspecified atom stereocenters. The highest BCUT2D eigenvalue weighted by Gasteiger charge is 2.12. The number of rotatable bonds is 3. The first kappa shape index (κ1) is 11.8. The van der Waals surface area contributed by atoms with Crippen LogP contribution in [0.1, 0.15) is 16.1 Å². The van der Waals surface area contributed by atoms with Gasteiger partial charge >= 0.3 is 11.7 Å². The van der Waals surface area contributed by atoms with Gasteiger partial charge in [0.1, 0.15) is 5.56 Å². The third kappa shape index (κ3) is 2.21. The average molecular weight is 250 g/mol. The Morgan fingerprint density at radius 3 is 2.78 bits per heavy atom. The van der Waals surface area contributed by atoms with Gasteiger partial charge in [-0.15, -0.1) is 0 Å². The third-order valence-corrected chi connectivity index (χ3v) is 2.34. The maximum Gasteiger partial charge on any atom is 0.342 e. The van der Waals surface area contributed by atoms with E-state index in [-0.39, 0.29) is 6.54 Å². The van der Waals surface area contributed by atoms with Crippen molar-refractivity contribution in [3.63, 3.8) is 0 Å². The number of H-pyrrole nitrogens is 1. The summed E-state index contributed by atoms with van der Waals surface area (Å²) in [4.78, 5) is 35.5. The van der Waals surface area contributed by atoms with Gasteiger partial charge in [-0.1, -0.05) is 0 Å². The van der Waals surface area contributed by atoms with E-state index in [9.17, 15) is 14.4 Å². The largest absolute Gasteiger partial charge is 0.477 e. The standard InChI is InChI=1S/C10H10N4O4/c1-13-3-2-6(12-13)4-14-5-7(9(16)17)8(15)11-10(14)18/h2-3,5H,4H2,1H3,(H,16,17)(H,11,15,18). The minimum atomic E-state index is -1.38. The summed E-state index contributed by atoms with van der Waals surface area (Å²) in [5, 5.41) is 12.9. The normalized spacial score (nSPS) is 10.5. The molecule has 0 saturated heterocycles. The van der Waals surface area contributed by atoms with Crippen molar-refractivity contribution in [1.82, 2.24) is 19.3 Å². The highest BCUT2D eigenvalue weighted by atomic mass is 16.4. The molecule has 0 aliphatic heterocycles. The van der Waals surface area contributed by atoms with Gasteiger partial charge in [0.2, 0.25) is 0 Å². The van der Waals surface area contributed by atoms with Crippen molar-refractivity contribution in [3.05, 3.63) is 50.6 Å². The van der Waals surface area contributed by atoms with E-state index in [1.807, 2.05) is 4.98 Å². The van der Waals surface area contributed by atoms with E-state index in [1.54, 1.807) is 24.0 Å². The van der Waals surface area contributed by atoms with Gasteiger partial charge in [-0.2, -0.15) is 5.10 Å². The molecule has 0 bridgehead atoms. The van der Waals surface area contributed by atoms with Gasteiger partial charge in [-0.05, 0) is 6.07 Å². The molecule has 18 heavy (non-hydrogen) atoms.